The van der Waals surface area contributed by atoms with Gasteiger partial charge in [0.25, 0.3) is 5.91 Å². The third kappa shape index (κ3) is 5.87. The van der Waals surface area contributed by atoms with Gasteiger partial charge in [0.2, 0.25) is 5.88 Å². The fourth-order valence-electron chi connectivity index (χ4n) is 2.18. The van der Waals surface area contributed by atoms with Crippen LogP contribution in [0.2, 0.25) is 0 Å². The van der Waals surface area contributed by atoms with Gasteiger partial charge in [0, 0.05) is 26.8 Å². The second kappa shape index (κ2) is 9.29. The number of rotatable bonds is 6. The van der Waals surface area contributed by atoms with Gasteiger partial charge >= 0.3 is 0 Å². The SMILES string of the molecule is CCN(C)C=Nc1cc(Br)c(Oc2cccc(S(C)(=O)=NC(C)=O)c2)nc1C. The molecule has 1 aromatic heterocycles. The number of aliphatic imine (C=N–C) groups is 1. The van der Waals surface area contributed by atoms with Crippen molar-refractivity contribution in [2.24, 2.45) is 9.36 Å². The normalized spacial score (nSPS) is 13.2. The smallest absolute Gasteiger partial charge is 0.250 e. The van der Waals surface area contributed by atoms with Gasteiger partial charge in [-0.25, -0.2) is 14.2 Å². The van der Waals surface area contributed by atoms with Crippen molar-refractivity contribution in [2.45, 2.75) is 25.7 Å². The van der Waals surface area contributed by atoms with Gasteiger partial charge < -0.3 is 9.64 Å². The Morgan fingerprint density at radius 1 is 1.39 bits per heavy atom. The topological polar surface area (TPSA) is 84.2 Å². The van der Waals surface area contributed by atoms with Crippen LogP contribution in [0, 0.1) is 6.92 Å². The summed E-state index contributed by atoms with van der Waals surface area (Å²) < 4.78 is 22.8. The monoisotopic (exact) mass is 466 g/mol. The summed E-state index contributed by atoms with van der Waals surface area (Å²) in [7, 11) is -0.887. The summed E-state index contributed by atoms with van der Waals surface area (Å²) in [5, 5.41) is 0. The summed E-state index contributed by atoms with van der Waals surface area (Å²) in [6.45, 7) is 6.01. The molecule has 0 radical (unpaired) electrons. The zero-order chi connectivity index (χ0) is 20.9. The second-order valence-corrected chi connectivity index (χ2v) is 9.30. The highest BCUT2D eigenvalue weighted by Crippen LogP contribution is 2.33. The van der Waals surface area contributed by atoms with Crippen LogP contribution in [0.1, 0.15) is 19.5 Å². The molecule has 9 heteroatoms. The average molecular weight is 467 g/mol. The van der Waals surface area contributed by atoms with E-state index >= 15 is 0 Å². The number of aryl methyl sites for hydroxylation is 1. The minimum Gasteiger partial charge on any atom is -0.438 e. The Kier molecular flexibility index (Phi) is 7.31. The summed E-state index contributed by atoms with van der Waals surface area (Å²) in [5.74, 6) is 0.327. The van der Waals surface area contributed by atoms with Gasteiger partial charge in [0.15, 0.2) is 0 Å². The van der Waals surface area contributed by atoms with E-state index in [2.05, 4.69) is 30.3 Å². The van der Waals surface area contributed by atoms with E-state index < -0.39 is 15.6 Å². The molecule has 0 saturated carbocycles. The van der Waals surface area contributed by atoms with E-state index in [1.54, 1.807) is 30.6 Å². The molecule has 0 fully saturated rings. The lowest BCUT2D eigenvalue weighted by molar-refractivity contribution is -0.115. The van der Waals surface area contributed by atoms with Crippen LogP contribution in [0.25, 0.3) is 0 Å². The quantitative estimate of drug-likeness (QED) is 0.460. The van der Waals surface area contributed by atoms with Crippen LogP contribution in [0.5, 0.6) is 11.6 Å². The standard InChI is InChI=1S/C19H23BrN4O3S/c1-6-24(4)12-21-18-11-17(20)19(22-13(18)2)27-15-8-7-9-16(10-15)28(5,26)23-14(3)25/h7-12H,6H2,1-5H3. The van der Waals surface area contributed by atoms with Crippen molar-refractivity contribution in [3.05, 3.63) is 40.5 Å². The van der Waals surface area contributed by atoms with Gasteiger partial charge in [-0.2, -0.15) is 4.36 Å². The Morgan fingerprint density at radius 2 is 2.11 bits per heavy atom. The molecule has 1 heterocycles. The third-order valence-electron chi connectivity index (χ3n) is 3.76. The number of hydrogen-bond acceptors (Lipinski definition) is 5. The average Bonchev–Trinajstić information content (AvgIpc) is 2.62. The lowest BCUT2D eigenvalue weighted by atomic mass is 10.3. The first-order valence-corrected chi connectivity index (χ1v) is 11.3. The van der Waals surface area contributed by atoms with E-state index in [0.29, 0.717) is 26.7 Å². The Hall–Kier alpha value is -2.26. The molecule has 150 valence electrons. The van der Waals surface area contributed by atoms with Crippen LogP contribution >= 0.6 is 15.9 Å². The largest absolute Gasteiger partial charge is 0.438 e. The van der Waals surface area contributed by atoms with Crippen LogP contribution < -0.4 is 4.74 Å². The molecule has 1 aromatic carbocycles. The Labute approximate surface area is 174 Å². The van der Waals surface area contributed by atoms with E-state index in [1.165, 1.54) is 13.2 Å². The fraction of sp³-hybridized carbons (Fsp3) is 0.316. The molecule has 0 bridgehead atoms. The van der Waals surface area contributed by atoms with Crippen LogP contribution in [0.3, 0.4) is 0 Å². The molecule has 0 aliphatic carbocycles. The van der Waals surface area contributed by atoms with Gasteiger partial charge in [-0.1, -0.05) is 6.07 Å². The number of pyridine rings is 1. The number of hydrogen-bond donors (Lipinski definition) is 0. The molecule has 7 nitrogen and oxygen atoms in total. The minimum atomic E-state index is -2.83. The van der Waals surface area contributed by atoms with Crippen LogP contribution in [-0.4, -0.2) is 46.2 Å². The maximum absolute atomic E-state index is 12.6. The highest BCUT2D eigenvalue weighted by molar-refractivity contribution is 9.10. The molecule has 1 amide bonds. The number of carbonyl (C=O) groups excluding carboxylic acids is 1. The van der Waals surface area contributed by atoms with Crippen molar-refractivity contribution in [3.8, 4) is 11.6 Å². The number of benzene rings is 1. The number of amides is 1. The van der Waals surface area contributed by atoms with Crippen molar-refractivity contribution < 1.29 is 13.7 Å². The molecular weight excluding hydrogens is 444 g/mol. The fourth-order valence-corrected chi connectivity index (χ4v) is 3.83. The first-order valence-electron chi connectivity index (χ1n) is 8.54. The predicted octanol–water partition coefficient (Wildman–Crippen LogP) is 4.56. The first-order chi connectivity index (χ1) is 13.1. The lowest BCUT2D eigenvalue weighted by Gasteiger charge is -2.12. The summed E-state index contributed by atoms with van der Waals surface area (Å²) >= 11 is 3.46. The van der Waals surface area contributed by atoms with Gasteiger partial charge in [-0.15, -0.1) is 0 Å². The van der Waals surface area contributed by atoms with Crippen LogP contribution in [0.4, 0.5) is 5.69 Å². The predicted molar refractivity (Wildman–Crippen MR) is 115 cm³/mol. The van der Waals surface area contributed by atoms with E-state index in [9.17, 15) is 9.00 Å². The second-order valence-electron chi connectivity index (χ2n) is 6.19. The summed E-state index contributed by atoms with van der Waals surface area (Å²) in [5.41, 5.74) is 1.44. The molecule has 28 heavy (non-hydrogen) atoms. The zero-order valence-corrected chi connectivity index (χ0v) is 18.9. The number of carbonyl (C=O) groups is 1. The van der Waals surface area contributed by atoms with Gasteiger partial charge in [0.1, 0.15) is 5.75 Å². The van der Waals surface area contributed by atoms with Crippen LogP contribution in [0.15, 0.2) is 49.1 Å². The number of aromatic nitrogens is 1. The summed E-state index contributed by atoms with van der Waals surface area (Å²) in [6, 6.07) is 8.50. The van der Waals surface area contributed by atoms with Crippen molar-refractivity contribution in [1.82, 2.24) is 9.88 Å². The van der Waals surface area contributed by atoms with Crippen molar-refractivity contribution >= 4 is 43.6 Å². The van der Waals surface area contributed by atoms with Crippen LogP contribution in [-0.2, 0) is 14.5 Å². The first kappa shape index (κ1) is 22.0. The molecule has 2 aromatic rings. The highest BCUT2D eigenvalue weighted by Gasteiger charge is 2.12. The molecular formula is C19H23BrN4O3S. The molecule has 0 aliphatic rings. The highest BCUT2D eigenvalue weighted by atomic mass is 79.9. The summed E-state index contributed by atoms with van der Waals surface area (Å²) in [4.78, 5) is 22.5. The molecule has 0 aliphatic heterocycles. The molecule has 0 spiro atoms. The van der Waals surface area contributed by atoms with E-state index in [4.69, 9.17) is 4.74 Å². The summed E-state index contributed by atoms with van der Waals surface area (Å²) in [6.07, 6.45) is 3.17. The Bertz CT molecular complexity index is 1030. The number of ether oxygens (including phenoxy) is 1. The zero-order valence-electron chi connectivity index (χ0n) is 16.5. The molecule has 0 saturated heterocycles. The molecule has 2 rings (SSSR count). The Morgan fingerprint density at radius 3 is 2.75 bits per heavy atom. The van der Waals surface area contributed by atoms with E-state index in [0.717, 1.165) is 12.2 Å². The maximum atomic E-state index is 12.6. The maximum Gasteiger partial charge on any atom is 0.250 e. The van der Waals surface area contributed by atoms with Crippen molar-refractivity contribution in [2.75, 3.05) is 19.8 Å². The molecule has 1 atom stereocenters. The van der Waals surface area contributed by atoms with Gasteiger partial charge in [-0.3, -0.25) is 4.79 Å². The van der Waals surface area contributed by atoms with E-state index in [-0.39, 0.29) is 0 Å². The minimum absolute atomic E-state index is 0.364. The van der Waals surface area contributed by atoms with Gasteiger partial charge in [0.05, 0.1) is 36.8 Å². The number of nitrogens with zero attached hydrogens (tertiary/aromatic N) is 4. The van der Waals surface area contributed by atoms with Gasteiger partial charge in [-0.05, 0) is 54.0 Å². The molecule has 0 N–H and O–H groups in total. The molecule has 1 unspecified atom stereocenters. The third-order valence-corrected chi connectivity index (χ3v) is 6.06. The number of halogens is 1. The Balaban J connectivity index is 2.33. The van der Waals surface area contributed by atoms with Crippen molar-refractivity contribution in [3.63, 3.8) is 0 Å². The van der Waals surface area contributed by atoms with Crippen molar-refractivity contribution in [1.29, 1.82) is 0 Å². The van der Waals surface area contributed by atoms with E-state index in [1.807, 2.05) is 31.9 Å². The lowest BCUT2D eigenvalue weighted by Crippen LogP contribution is -2.14.